The van der Waals surface area contributed by atoms with Crippen LogP contribution >= 0.6 is 34.8 Å². The summed E-state index contributed by atoms with van der Waals surface area (Å²) in [4.78, 5) is 30.0. The van der Waals surface area contributed by atoms with Crippen LogP contribution < -0.4 is 10.6 Å². The summed E-state index contributed by atoms with van der Waals surface area (Å²) in [5.41, 5.74) is 1.82. The SMILES string of the molecule is CON(C(=O)Nc1ccc(Cl)c(Cl)c1)C(C)C(=O)Nc1ccc(C)c(Cl)c1. The van der Waals surface area contributed by atoms with Gasteiger partial charge in [0.15, 0.2) is 0 Å². The molecule has 0 heterocycles. The molecule has 0 fully saturated rings. The van der Waals surface area contributed by atoms with Crippen LogP contribution in [0.2, 0.25) is 15.1 Å². The molecular weight excluding hydrogens is 413 g/mol. The molecule has 0 aliphatic heterocycles. The van der Waals surface area contributed by atoms with Crippen molar-refractivity contribution in [2.24, 2.45) is 0 Å². The van der Waals surface area contributed by atoms with Crippen molar-refractivity contribution in [2.75, 3.05) is 17.7 Å². The van der Waals surface area contributed by atoms with E-state index in [0.717, 1.165) is 10.6 Å². The maximum absolute atomic E-state index is 12.5. The third-order valence-electron chi connectivity index (χ3n) is 3.74. The summed E-state index contributed by atoms with van der Waals surface area (Å²) in [6.45, 7) is 3.39. The van der Waals surface area contributed by atoms with E-state index in [1.165, 1.54) is 20.1 Å². The number of nitrogens with one attached hydrogen (secondary N) is 2. The quantitative estimate of drug-likeness (QED) is 0.626. The van der Waals surface area contributed by atoms with Gasteiger partial charge in [0, 0.05) is 16.4 Å². The summed E-state index contributed by atoms with van der Waals surface area (Å²) in [5.74, 6) is -0.443. The average molecular weight is 431 g/mol. The van der Waals surface area contributed by atoms with E-state index in [0.29, 0.717) is 26.4 Å². The fraction of sp³-hybridized carbons (Fsp3) is 0.222. The van der Waals surface area contributed by atoms with Gasteiger partial charge in [0.25, 0.3) is 0 Å². The lowest BCUT2D eigenvalue weighted by atomic mass is 10.2. The Labute approximate surface area is 172 Å². The average Bonchev–Trinajstić information content (AvgIpc) is 2.61. The molecule has 1 atom stereocenters. The number of rotatable bonds is 5. The first-order valence-corrected chi connectivity index (χ1v) is 9.02. The van der Waals surface area contributed by atoms with Gasteiger partial charge in [-0.1, -0.05) is 40.9 Å². The van der Waals surface area contributed by atoms with Crippen molar-refractivity contribution >= 4 is 58.1 Å². The monoisotopic (exact) mass is 429 g/mol. The topological polar surface area (TPSA) is 70.7 Å². The fourth-order valence-electron chi connectivity index (χ4n) is 2.19. The van der Waals surface area contributed by atoms with E-state index >= 15 is 0 Å². The van der Waals surface area contributed by atoms with Crippen LogP contribution in [0.25, 0.3) is 0 Å². The summed E-state index contributed by atoms with van der Waals surface area (Å²) in [6, 6.07) is 8.21. The number of amides is 3. The van der Waals surface area contributed by atoms with Gasteiger partial charge in [0.1, 0.15) is 6.04 Å². The zero-order valence-electron chi connectivity index (χ0n) is 14.8. The number of anilines is 2. The molecule has 9 heteroatoms. The number of urea groups is 1. The molecular formula is C18H18Cl3N3O3. The van der Waals surface area contributed by atoms with Gasteiger partial charge in [-0.25, -0.2) is 4.79 Å². The molecule has 3 amide bonds. The maximum Gasteiger partial charge on any atom is 0.346 e. The predicted molar refractivity (Wildman–Crippen MR) is 109 cm³/mol. The van der Waals surface area contributed by atoms with Crippen LogP contribution in [0.4, 0.5) is 16.2 Å². The zero-order valence-corrected chi connectivity index (χ0v) is 17.1. The van der Waals surface area contributed by atoms with Crippen molar-refractivity contribution in [1.29, 1.82) is 0 Å². The van der Waals surface area contributed by atoms with Crippen LogP contribution in [-0.4, -0.2) is 30.2 Å². The fourth-order valence-corrected chi connectivity index (χ4v) is 2.67. The molecule has 27 heavy (non-hydrogen) atoms. The molecule has 2 N–H and O–H groups in total. The molecule has 0 spiro atoms. The molecule has 0 saturated heterocycles. The number of aryl methyl sites for hydroxylation is 1. The number of halogens is 3. The van der Waals surface area contributed by atoms with E-state index < -0.39 is 18.0 Å². The predicted octanol–water partition coefficient (Wildman–Crippen LogP) is 5.38. The second-order valence-electron chi connectivity index (χ2n) is 5.70. The van der Waals surface area contributed by atoms with Gasteiger partial charge < -0.3 is 10.6 Å². The van der Waals surface area contributed by atoms with Crippen LogP contribution in [0, 0.1) is 6.92 Å². The highest BCUT2D eigenvalue weighted by atomic mass is 35.5. The molecule has 6 nitrogen and oxygen atoms in total. The van der Waals surface area contributed by atoms with E-state index in [1.54, 1.807) is 30.3 Å². The minimum absolute atomic E-state index is 0.292. The van der Waals surface area contributed by atoms with Crippen molar-refractivity contribution < 1.29 is 14.4 Å². The molecule has 144 valence electrons. The minimum Gasteiger partial charge on any atom is -0.324 e. The molecule has 2 rings (SSSR count). The molecule has 0 bridgehead atoms. The first kappa shape index (κ1) is 21.3. The highest BCUT2D eigenvalue weighted by Gasteiger charge is 2.27. The van der Waals surface area contributed by atoms with Gasteiger partial charge in [-0.3, -0.25) is 9.63 Å². The summed E-state index contributed by atoms with van der Waals surface area (Å²) in [5, 5.41) is 7.39. The molecule has 2 aromatic carbocycles. The summed E-state index contributed by atoms with van der Waals surface area (Å²) in [6.07, 6.45) is 0. The Kier molecular flexibility index (Phi) is 7.33. The second kappa shape index (κ2) is 9.28. The summed E-state index contributed by atoms with van der Waals surface area (Å²) >= 11 is 17.9. The molecule has 0 radical (unpaired) electrons. The lowest BCUT2D eigenvalue weighted by Gasteiger charge is -2.26. The van der Waals surface area contributed by atoms with Crippen LogP contribution in [0.15, 0.2) is 36.4 Å². The van der Waals surface area contributed by atoms with E-state index in [4.69, 9.17) is 39.6 Å². The Morgan fingerprint density at radius 3 is 2.15 bits per heavy atom. The van der Waals surface area contributed by atoms with E-state index in [9.17, 15) is 9.59 Å². The second-order valence-corrected chi connectivity index (χ2v) is 6.92. The number of carbonyl (C=O) groups excluding carboxylic acids is 2. The first-order chi connectivity index (χ1) is 12.7. The summed E-state index contributed by atoms with van der Waals surface area (Å²) in [7, 11) is 1.29. The number of nitrogens with zero attached hydrogens (tertiary/aromatic N) is 1. The smallest absolute Gasteiger partial charge is 0.324 e. The minimum atomic E-state index is -0.919. The third-order valence-corrected chi connectivity index (χ3v) is 4.88. The van der Waals surface area contributed by atoms with Gasteiger partial charge in [-0.15, -0.1) is 0 Å². The van der Waals surface area contributed by atoms with E-state index in [2.05, 4.69) is 10.6 Å². The Morgan fingerprint density at radius 2 is 1.56 bits per heavy atom. The molecule has 0 aliphatic carbocycles. The molecule has 2 aromatic rings. The largest absolute Gasteiger partial charge is 0.346 e. The number of hydrogen-bond acceptors (Lipinski definition) is 3. The highest BCUT2D eigenvalue weighted by Crippen LogP contribution is 2.25. The Bertz CT molecular complexity index is 861. The van der Waals surface area contributed by atoms with Gasteiger partial charge >= 0.3 is 6.03 Å². The third kappa shape index (κ3) is 5.49. The number of hydroxylamine groups is 2. The number of hydrogen-bond donors (Lipinski definition) is 2. The highest BCUT2D eigenvalue weighted by molar-refractivity contribution is 6.42. The van der Waals surface area contributed by atoms with Crippen molar-refractivity contribution in [1.82, 2.24) is 5.06 Å². The van der Waals surface area contributed by atoms with Gasteiger partial charge in [-0.05, 0) is 49.7 Å². The Hall–Kier alpha value is -1.99. The normalized spacial score (nSPS) is 11.6. The first-order valence-electron chi connectivity index (χ1n) is 7.89. The van der Waals surface area contributed by atoms with Crippen LogP contribution in [0.5, 0.6) is 0 Å². The molecule has 0 aromatic heterocycles. The lowest BCUT2D eigenvalue weighted by Crippen LogP contribution is -2.46. The zero-order chi connectivity index (χ0) is 20.1. The Morgan fingerprint density at radius 1 is 0.963 bits per heavy atom. The van der Waals surface area contributed by atoms with E-state index in [1.807, 2.05) is 6.92 Å². The molecule has 1 unspecified atom stereocenters. The van der Waals surface area contributed by atoms with Gasteiger partial charge in [0.05, 0.1) is 17.2 Å². The van der Waals surface area contributed by atoms with E-state index in [-0.39, 0.29) is 0 Å². The van der Waals surface area contributed by atoms with Crippen molar-refractivity contribution in [3.8, 4) is 0 Å². The maximum atomic E-state index is 12.5. The van der Waals surface area contributed by atoms with Crippen LogP contribution in [0.1, 0.15) is 12.5 Å². The molecule has 0 saturated carbocycles. The summed E-state index contributed by atoms with van der Waals surface area (Å²) < 4.78 is 0. The van der Waals surface area contributed by atoms with Crippen molar-refractivity contribution in [2.45, 2.75) is 19.9 Å². The lowest BCUT2D eigenvalue weighted by molar-refractivity contribution is -0.141. The number of benzene rings is 2. The van der Waals surface area contributed by atoms with Gasteiger partial charge in [-0.2, -0.15) is 5.06 Å². The standard InChI is InChI=1S/C18H18Cl3N3O3/c1-10-4-5-12(8-15(10)20)22-17(25)11(2)24(27-3)18(26)23-13-6-7-14(19)16(21)9-13/h4-9,11H,1-3H3,(H,22,25)(H,23,26). The number of carbonyl (C=O) groups is 2. The van der Waals surface area contributed by atoms with Gasteiger partial charge in [0.2, 0.25) is 5.91 Å². The van der Waals surface area contributed by atoms with Crippen LogP contribution in [-0.2, 0) is 9.63 Å². The molecule has 0 aliphatic rings. The Balaban J connectivity index is 2.07. The van der Waals surface area contributed by atoms with Crippen molar-refractivity contribution in [3.05, 3.63) is 57.0 Å². The van der Waals surface area contributed by atoms with Crippen LogP contribution in [0.3, 0.4) is 0 Å². The van der Waals surface area contributed by atoms with Crippen molar-refractivity contribution in [3.63, 3.8) is 0 Å².